The van der Waals surface area contributed by atoms with Crippen LogP contribution in [0.5, 0.6) is 0 Å². The first-order valence-corrected chi connectivity index (χ1v) is 10.3. The number of hydrogen-bond acceptors (Lipinski definition) is 6. The molecule has 1 N–H and O–H groups in total. The molecule has 2 aromatic heterocycles. The van der Waals surface area contributed by atoms with E-state index >= 15 is 0 Å². The molecular formula is C23H27N5O2. The summed E-state index contributed by atoms with van der Waals surface area (Å²) in [5.74, 6) is 1.85. The lowest BCUT2D eigenvalue weighted by atomic mass is 9.99. The quantitative estimate of drug-likeness (QED) is 0.703. The van der Waals surface area contributed by atoms with E-state index in [1.54, 1.807) is 11.9 Å². The number of amides is 1. The molecule has 0 saturated carbocycles. The van der Waals surface area contributed by atoms with E-state index in [1.807, 2.05) is 50.2 Å². The Hall–Kier alpha value is -3.06. The van der Waals surface area contributed by atoms with Crippen LogP contribution >= 0.6 is 0 Å². The maximum atomic E-state index is 13.0. The highest BCUT2D eigenvalue weighted by molar-refractivity contribution is 6.06. The average molecular weight is 406 g/mol. The van der Waals surface area contributed by atoms with Crippen LogP contribution in [-0.4, -0.2) is 64.2 Å². The van der Waals surface area contributed by atoms with Gasteiger partial charge in [0.25, 0.3) is 5.91 Å². The molecule has 7 nitrogen and oxygen atoms in total. The van der Waals surface area contributed by atoms with Crippen LogP contribution < -0.4 is 4.90 Å². The lowest BCUT2D eigenvalue weighted by Gasteiger charge is -2.20. The minimum absolute atomic E-state index is 0.0620. The number of para-hydroxylation sites is 1. The van der Waals surface area contributed by atoms with Crippen molar-refractivity contribution in [2.75, 3.05) is 38.2 Å². The van der Waals surface area contributed by atoms with Gasteiger partial charge >= 0.3 is 0 Å². The number of nitrogens with zero attached hydrogens (tertiary/aromatic N) is 5. The number of aliphatic hydroxyl groups excluding tert-OH is 1. The second-order valence-electron chi connectivity index (χ2n) is 7.91. The van der Waals surface area contributed by atoms with Gasteiger partial charge in [-0.05, 0) is 32.4 Å². The molecule has 4 rings (SSSR count). The standard InChI is InChI=1S/C23H27N5O2/c1-15-12-22(25-16(2)24-15)28-9-8-17(14-28)21-13-19(23(30)27(3)10-11-29)18-6-4-5-7-20(18)26-21/h4-7,12-13,17,29H,8-11,14H2,1-3H3/t17-/m1/s1. The molecule has 1 saturated heterocycles. The minimum Gasteiger partial charge on any atom is -0.395 e. The molecule has 1 atom stereocenters. The maximum absolute atomic E-state index is 13.0. The molecule has 1 fully saturated rings. The summed E-state index contributed by atoms with van der Waals surface area (Å²) in [7, 11) is 1.71. The van der Waals surface area contributed by atoms with E-state index in [1.165, 1.54) is 0 Å². The molecule has 0 unspecified atom stereocenters. The van der Waals surface area contributed by atoms with E-state index < -0.39 is 0 Å². The van der Waals surface area contributed by atoms with Crippen molar-refractivity contribution in [3.05, 3.63) is 59.2 Å². The molecule has 0 bridgehead atoms. The second kappa shape index (κ2) is 8.36. The highest BCUT2D eigenvalue weighted by Crippen LogP contribution is 2.31. The van der Waals surface area contributed by atoms with Gasteiger partial charge < -0.3 is 14.9 Å². The number of benzene rings is 1. The van der Waals surface area contributed by atoms with Gasteiger partial charge in [0.1, 0.15) is 11.6 Å². The molecular weight excluding hydrogens is 378 g/mol. The molecule has 3 aromatic rings. The van der Waals surface area contributed by atoms with Gasteiger partial charge in [-0.2, -0.15) is 0 Å². The molecule has 1 aliphatic heterocycles. The third-order valence-electron chi connectivity index (χ3n) is 5.63. The molecule has 30 heavy (non-hydrogen) atoms. The fourth-order valence-electron chi connectivity index (χ4n) is 4.11. The predicted molar refractivity (Wildman–Crippen MR) is 117 cm³/mol. The maximum Gasteiger partial charge on any atom is 0.254 e. The smallest absolute Gasteiger partial charge is 0.254 e. The Morgan fingerprint density at radius 3 is 2.77 bits per heavy atom. The number of aryl methyl sites for hydroxylation is 2. The van der Waals surface area contributed by atoms with Gasteiger partial charge in [0.2, 0.25) is 0 Å². The predicted octanol–water partition coefficient (Wildman–Crippen LogP) is 2.70. The molecule has 3 heterocycles. The lowest BCUT2D eigenvalue weighted by molar-refractivity contribution is 0.0768. The summed E-state index contributed by atoms with van der Waals surface area (Å²) in [5.41, 5.74) is 3.35. The van der Waals surface area contributed by atoms with E-state index in [0.29, 0.717) is 12.1 Å². The van der Waals surface area contributed by atoms with E-state index in [2.05, 4.69) is 14.9 Å². The Balaban J connectivity index is 1.67. The minimum atomic E-state index is -0.0965. The summed E-state index contributed by atoms with van der Waals surface area (Å²) < 4.78 is 0. The van der Waals surface area contributed by atoms with Crippen LogP contribution in [0.1, 0.15) is 39.9 Å². The molecule has 0 aliphatic carbocycles. The monoisotopic (exact) mass is 405 g/mol. The number of aliphatic hydroxyl groups is 1. The van der Waals surface area contributed by atoms with Gasteiger partial charge in [0.05, 0.1) is 17.7 Å². The van der Waals surface area contributed by atoms with E-state index in [4.69, 9.17) is 4.98 Å². The van der Waals surface area contributed by atoms with Crippen LogP contribution in [0.3, 0.4) is 0 Å². The van der Waals surface area contributed by atoms with Crippen molar-refractivity contribution in [3.63, 3.8) is 0 Å². The van der Waals surface area contributed by atoms with Crippen LogP contribution in [0.25, 0.3) is 10.9 Å². The van der Waals surface area contributed by atoms with Crippen LogP contribution in [0.15, 0.2) is 36.4 Å². The van der Waals surface area contributed by atoms with Crippen LogP contribution in [0.2, 0.25) is 0 Å². The molecule has 1 amide bonds. The van der Waals surface area contributed by atoms with Gasteiger partial charge in [0.15, 0.2) is 0 Å². The molecule has 156 valence electrons. The SMILES string of the molecule is Cc1cc(N2CC[C@@H](c3cc(C(=O)N(C)CCO)c4ccccc4n3)C2)nc(C)n1. The number of rotatable bonds is 5. The second-order valence-corrected chi connectivity index (χ2v) is 7.91. The molecule has 0 radical (unpaired) electrons. The summed E-state index contributed by atoms with van der Waals surface area (Å²) >= 11 is 0. The Kier molecular flexibility index (Phi) is 5.63. The number of hydrogen-bond donors (Lipinski definition) is 1. The zero-order valence-electron chi connectivity index (χ0n) is 17.7. The molecule has 7 heteroatoms. The largest absolute Gasteiger partial charge is 0.395 e. The summed E-state index contributed by atoms with van der Waals surface area (Å²) in [6, 6.07) is 11.7. The zero-order chi connectivity index (χ0) is 21.3. The summed E-state index contributed by atoms with van der Waals surface area (Å²) in [6.45, 7) is 5.83. The summed E-state index contributed by atoms with van der Waals surface area (Å²) in [5, 5.41) is 10.1. The first-order valence-electron chi connectivity index (χ1n) is 10.3. The number of anilines is 1. The van der Waals surface area contributed by atoms with E-state index in [0.717, 1.165) is 53.4 Å². The van der Waals surface area contributed by atoms with Crippen LogP contribution in [0, 0.1) is 13.8 Å². The van der Waals surface area contributed by atoms with Gasteiger partial charge in [0, 0.05) is 55.4 Å². The van der Waals surface area contributed by atoms with Crippen molar-refractivity contribution in [1.29, 1.82) is 0 Å². The van der Waals surface area contributed by atoms with Crippen molar-refractivity contribution in [2.45, 2.75) is 26.2 Å². The number of aromatic nitrogens is 3. The third kappa shape index (κ3) is 3.98. The first-order chi connectivity index (χ1) is 14.5. The summed E-state index contributed by atoms with van der Waals surface area (Å²) in [4.78, 5) is 30.7. The Morgan fingerprint density at radius 1 is 1.20 bits per heavy atom. The Morgan fingerprint density at radius 2 is 2.00 bits per heavy atom. The average Bonchev–Trinajstić information content (AvgIpc) is 3.22. The Bertz CT molecular complexity index is 1060. The molecule has 1 aliphatic rings. The van der Waals surface area contributed by atoms with Crippen molar-refractivity contribution >= 4 is 22.6 Å². The van der Waals surface area contributed by atoms with Gasteiger partial charge in [-0.1, -0.05) is 18.2 Å². The van der Waals surface area contributed by atoms with Gasteiger partial charge in [-0.15, -0.1) is 0 Å². The van der Waals surface area contributed by atoms with Crippen molar-refractivity contribution in [1.82, 2.24) is 19.9 Å². The van der Waals surface area contributed by atoms with Crippen molar-refractivity contribution < 1.29 is 9.90 Å². The van der Waals surface area contributed by atoms with E-state index in [-0.39, 0.29) is 18.4 Å². The fourth-order valence-corrected chi connectivity index (χ4v) is 4.11. The highest BCUT2D eigenvalue weighted by atomic mass is 16.3. The third-order valence-corrected chi connectivity index (χ3v) is 5.63. The van der Waals surface area contributed by atoms with Crippen molar-refractivity contribution in [3.8, 4) is 0 Å². The number of pyridine rings is 1. The summed E-state index contributed by atoms with van der Waals surface area (Å²) in [6.07, 6.45) is 0.952. The number of fused-ring (bicyclic) bond motifs is 1. The fraction of sp³-hybridized carbons (Fsp3) is 0.391. The number of carbonyl (C=O) groups is 1. The van der Waals surface area contributed by atoms with Crippen molar-refractivity contribution in [2.24, 2.45) is 0 Å². The normalized spacial score (nSPS) is 16.3. The first kappa shape index (κ1) is 20.2. The highest BCUT2D eigenvalue weighted by Gasteiger charge is 2.28. The molecule has 1 aromatic carbocycles. The number of likely N-dealkylation sites (N-methyl/N-ethyl adjacent to an activating group) is 1. The van der Waals surface area contributed by atoms with Crippen LogP contribution in [0.4, 0.5) is 5.82 Å². The van der Waals surface area contributed by atoms with E-state index in [9.17, 15) is 9.90 Å². The molecule has 0 spiro atoms. The topological polar surface area (TPSA) is 82.5 Å². The van der Waals surface area contributed by atoms with Gasteiger partial charge in [-0.3, -0.25) is 9.78 Å². The Labute approximate surface area is 176 Å². The lowest BCUT2D eigenvalue weighted by Crippen LogP contribution is -2.30. The van der Waals surface area contributed by atoms with Crippen LogP contribution in [-0.2, 0) is 0 Å². The number of carbonyl (C=O) groups excluding carboxylic acids is 1. The zero-order valence-corrected chi connectivity index (χ0v) is 17.7. The van der Waals surface area contributed by atoms with Gasteiger partial charge in [-0.25, -0.2) is 9.97 Å².